The molecule has 0 unspecified atom stereocenters. The largest absolute Gasteiger partial charge is 0.263 e. The van der Waals surface area contributed by atoms with E-state index >= 15 is 0 Å². The summed E-state index contributed by atoms with van der Waals surface area (Å²) in [6.45, 7) is 0.547. The van der Waals surface area contributed by atoms with E-state index < -0.39 is 12.3 Å². The Hall–Kier alpha value is -0.540. The van der Waals surface area contributed by atoms with Crippen molar-refractivity contribution < 1.29 is 17.6 Å². The minimum Gasteiger partial charge on any atom is -0.206 e. The van der Waals surface area contributed by atoms with Gasteiger partial charge in [-0.3, -0.25) is 0 Å². The van der Waals surface area contributed by atoms with Gasteiger partial charge in [0, 0.05) is 6.92 Å². The van der Waals surface area contributed by atoms with E-state index in [1.165, 1.54) is 0 Å². The molecule has 4 heteroatoms. The Morgan fingerprint density at radius 2 is 1.78 bits per heavy atom. The van der Waals surface area contributed by atoms with Crippen molar-refractivity contribution in [3.05, 3.63) is 12.2 Å². The van der Waals surface area contributed by atoms with E-state index in [0.29, 0.717) is 6.92 Å². The lowest BCUT2D eigenvalue weighted by molar-refractivity contribution is 0.0748. The van der Waals surface area contributed by atoms with Gasteiger partial charge in [-0.05, 0) is 12.2 Å². The number of allylic oxidation sites excluding steroid dienone is 2. The number of rotatable bonds is 2. The molecule has 0 amide bonds. The highest BCUT2D eigenvalue weighted by Gasteiger charge is 2.15. The van der Waals surface area contributed by atoms with E-state index in [2.05, 4.69) is 0 Å². The molecule has 0 N–H and O–H groups in total. The molecule has 0 bridgehead atoms. The predicted octanol–water partition coefficient (Wildman–Crippen LogP) is 2.46. The molecular formula is C5H6F4. The highest BCUT2D eigenvalue weighted by atomic mass is 19.3. The lowest BCUT2D eigenvalue weighted by Crippen LogP contribution is -2.04. The number of alkyl halides is 4. The number of halogens is 4. The molecule has 0 fully saturated rings. The van der Waals surface area contributed by atoms with E-state index in [9.17, 15) is 17.6 Å². The van der Waals surface area contributed by atoms with Gasteiger partial charge in [0.05, 0.1) is 0 Å². The highest BCUT2D eigenvalue weighted by Crippen LogP contribution is 2.13. The summed E-state index contributed by atoms with van der Waals surface area (Å²) >= 11 is 0. The van der Waals surface area contributed by atoms with Crippen LogP contribution in [0.5, 0.6) is 0 Å². The van der Waals surface area contributed by atoms with Gasteiger partial charge in [-0.2, -0.15) is 0 Å². The zero-order valence-corrected chi connectivity index (χ0v) is 4.74. The van der Waals surface area contributed by atoms with Crippen LogP contribution in [-0.4, -0.2) is 12.3 Å². The Bertz CT molecular complexity index is 100. The SMILES string of the molecule is CC(F)(F)/C=C\C(F)F. The maximum Gasteiger partial charge on any atom is 0.263 e. The van der Waals surface area contributed by atoms with Crippen LogP contribution in [0.2, 0.25) is 0 Å². The second-order valence-corrected chi connectivity index (χ2v) is 1.65. The molecule has 0 heterocycles. The van der Waals surface area contributed by atoms with Crippen LogP contribution in [0.25, 0.3) is 0 Å². The fraction of sp³-hybridized carbons (Fsp3) is 0.600. The van der Waals surface area contributed by atoms with Crippen molar-refractivity contribution in [2.45, 2.75) is 19.3 Å². The fourth-order valence-corrected chi connectivity index (χ4v) is 0.242. The summed E-state index contributed by atoms with van der Waals surface area (Å²) in [6, 6.07) is 0. The summed E-state index contributed by atoms with van der Waals surface area (Å²) in [5.41, 5.74) is 0. The van der Waals surface area contributed by atoms with Gasteiger partial charge in [0.25, 0.3) is 12.3 Å². The predicted molar refractivity (Wildman–Crippen MR) is 25.8 cm³/mol. The first-order chi connectivity index (χ1) is 3.92. The van der Waals surface area contributed by atoms with E-state index in [0.717, 1.165) is 0 Å². The Kier molecular flexibility index (Phi) is 2.67. The van der Waals surface area contributed by atoms with Gasteiger partial charge in [0.1, 0.15) is 0 Å². The smallest absolute Gasteiger partial charge is 0.206 e. The summed E-state index contributed by atoms with van der Waals surface area (Å²) < 4.78 is 45.6. The third kappa shape index (κ3) is 7.46. The Labute approximate surface area is 50.2 Å². The maximum absolute atomic E-state index is 11.7. The molecule has 0 aliphatic carbocycles. The van der Waals surface area contributed by atoms with E-state index in [1.54, 1.807) is 0 Å². The van der Waals surface area contributed by atoms with Crippen LogP contribution >= 0.6 is 0 Å². The van der Waals surface area contributed by atoms with Crippen LogP contribution in [0.15, 0.2) is 12.2 Å². The number of hydrogen-bond acceptors (Lipinski definition) is 0. The Morgan fingerprint density at radius 1 is 1.33 bits per heavy atom. The molecule has 0 aromatic carbocycles. The van der Waals surface area contributed by atoms with E-state index in [4.69, 9.17) is 0 Å². The molecule has 0 atom stereocenters. The Morgan fingerprint density at radius 3 is 1.89 bits per heavy atom. The first-order valence-corrected chi connectivity index (χ1v) is 2.27. The average molecular weight is 142 g/mol. The monoisotopic (exact) mass is 142 g/mol. The van der Waals surface area contributed by atoms with Crippen molar-refractivity contribution in [1.29, 1.82) is 0 Å². The molecule has 0 aromatic heterocycles. The molecule has 9 heavy (non-hydrogen) atoms. The van der Waals surface area contributed by atoms with Crippen molar-refractivity contribution in [3.8, 4) is 0 Å². The molecule has 0 aromatic rings. The minimum absolute atomic E-state index is 0.167. The topological polar surface area (TPSA) is 0 Å². The van der Waals surface area contributed by atoms with Crippen LogP contribution in [0.3, 0.4) is 0 Å². The first-order valence-electron chi connectivity index (χ1n) is 2.27. The summed E-state index contributed by atoms with van der Waals surface area (Å²) in [4.78, 5) is 0. The second-order valence-electron chi connectivity index (χ2n) is 1.65. The fourth-order valence-electron chi connectivity index (χ4n) is 0.242. The summed E-state index contributed by atoms with van der Waals surface area (Å²) in [5.74, 6) is -3.13. The third-order valence-corrected chi connectivity index (χ3v) is 0.534. The van der Waals surface area contributed by atoms with Gasteiger partial charge >= 0.3 is 0 Å². The van der Waals surface area contributed by atoms with Gasteiger partial charge < -0.3 is 0 Å². The van der Waals surface area contributed by atoms with Crippen molar-refractivity contribution in [2.24, 2.45) is 0 Å². The lowest BCUT2D eigenvalue weighted by Gasteiger charge is -2.00. The summed E-state index contributed by atoms with van der Waals surface area (Å²) in [5, 5.41) is 0. The molecule has 0 spiro atoms. The van der Waals surface area contributed by atoms with Gasteiger partial charge in [-0.25, -0.2) is 17.6 Å². The average Bonchev–Trinajstić information content (AvgIpc) is 1.59. The maximum atomic E-state index is 11.7. The molecule has 0 aliphatic rings. The molecule has 54 valence electrons. The van der Waals surface area contributed by atoms with Crippen LogP contribution in [-0.2, 0) is 0 Å². The van der Waals surface area contributed by atoms with Gasteiger partial charge in [0.2, 0.25) is 0 Å². The van der Waals surface area contributed by atoms with E-state index in [1.807, 2.05) is 0 Å². The van der Waals surface area contributed by atoms with Crippen molar-refractivity contribution in [3.63, 3.8) is 0 Å². The number of hydrogen-bond donors (Lipinski definition) is 0. The molecule has 0 rings (SSSR count). The van der Waals surface area contributed by atoms with E-state index in [-0.39, 0.29) is 12.2 Å². The molecule has 0 radical (unpaired) electrons. The second kappa shape index (κ2) is 2.85. The molecule has 0 nitrogen and oxygen atoms in total. The van der Waals surface area contributed by atoms with Gasteiger partial charge in [-0.15, -0.1) is 0 Å². The van der Waals surface area contributed by atoms with Crippen LogP contribution < -0.4 is 0 Å². The lowest BCUT2D eigenvalue weighted by atomic mass is 10.3. The Balaban J connectivity index is 3.71. The third-order valence-electron chi connectivity index (χ3n) is 0.534. The minimum atomic E-state index is -3.13. The highest BCUT2D eigenvalue weighted by molar-refractivity contribution is 4.93. The molecule has 0 aliphatic heterocycles. The quantitative estimate of drug-likeness (QED) is 0.410. The van der Waals surface area contributed by atoms with Crippen molar-refractivity contribution in [2.75, 3.05) is 0 Å². The molecular weight excluding hydrogens is 136 g/mol. The molecule has 0 saturated carbocycles. The van der Waals surface area contributed by atoms with Crippen LogP contribution in [0, 0.1) is 0 Å². The van der Waals surface area contributed by atoms with Crippen LogP contribution in [0.4, 0.5) is 17.6 Å². The zero-order chi connectivity index (χ0) is 7.49. The molecule has 0 saturated heterocycles. The van der Waals surface area contributed by atoms with Crippen LogP contribution in [0.1, 0.15) is 6.92 Å². The summed E-state index contributed by atoms with van der Waals surface area (Å²) in [6.07, 6.45) is -2.45. The standard InChI is InChI=1S/C5H6F4/c1-5(8,9)3-2-4(6)7/h2-4H,1H3/b3-2-. The van der Waals surface area contributed by atoms with Crippen molar-refractivity contribution >= 4 is 0 Å². The zero-order valence-electron chi connectivity index (χ0n) is 4.74. The van der Waals surface area contributed by atoms with Gasteiger partial charge in [0.15, 0.2) is 0 Å². The normalized spacial score (nSPS) is 13.6. The first kappa shape index (κ1) is 8.46. The van der Waals surface area contributed by atoms with Gasteiger partial charge in [-0.1, -0.05) is 0 Å². The summed E-state index contributed by atoms with van der Waals surface area (Å²) in [7, 11) is 0. The van der Waals surface area contributed by atoms with Crippen molar-refractivity contribution in [1.82, 2.24) is 0 Å².